The first-order valence-electron chi connectivity index (χ1n) is 4.86. The van der Waals surface area contributed by atoms with E-state index in [1.165, 1.54) is 0 Å². The van der Waals surface area contributed by atoms with Crippen LogP contribution in [0.2, 0.25) is 0 Å². The summed E-state index contributed by atoms with van der Waals surface area (Å²) in [6.07, 6.45) is 1.71. The van der Waals surface area contributed by atoms with Gasteiger partial charge in [0.25, 0.3) is 5.56 Å². The molecule has 0 spiro atoms. The summed E-state index contributed by atoms with van der Waals surface area (Å²) in [6, 6.07) is 1.65. The summed E-state index contributed by atoms with van der Waals surface area (Å²) in [5, 5.41) is 0.454. The molecule has 0 aliphatic carbocycles. The van der Waals surface area contributed by atoms with Crippen molar-refractivity contribution < 1.29 is 9.53 Å². The molecule has 0 fully saturated rings. The van der Waals surface area contributed by atoms with Gasteiger partial charge in [-0.1, -0.05) is 0 Å². The molecule has 0 aromatic carbocycles. The Kier molecular flexibility index (Phi) is 2.47. The van der Waals surface area contributed by atoms with Crippen LogP contribution in [-0.4, -0.2) is 27.1 Å². The minimum absolute atomic E-state index is 0.0684. The van der Waals surface area contributed by atoms with Crippen LogP contribution in [0, 0.1) is 0 Å². The lowest BCUT2D eigenvalue weighted by Crippen LogP contribution is -2.17. The summed E-state index contributed by atoms with van der Waals surface area (Å²) in [5.41, 5.74) is 0.125. The molecule has 0 unspecified atom stereocenters. The Labute approximate surface area is 90.9 Å². The van der Waals surface area contributed by atoms with Crippen LogP contribution in [0.4, 0.5) is 0 Å². The van der Waals surface area contributed by atoms with Gasteiger partial charge >= 0.3 is 5.97 Å². The van der Waals surface area contributed by atoms with Crippen molar-refractivity contribution in [3.8, 4) is 0 Å². The summed E-state index contributed by atoms with van der Waals surface area (Å²) in [7, 11) is 1.75. The molecule has 16 heavy (non-hydrogen) atoms. The van der Waals surface area contributed by atoms with E-state index in [0.717, 1.165) is 0 Å². The quantitative estimate of drug-likeness (QED) is 0.746. The lowest BCUT2D eigenvalue weighted by molar-refractivity contribution is 0.0512. The molecule has 2 aromatic rings. The fourth-order valence-corrected chi connectivity index (χ4v) is 1.44. The molecule has 2 rings (SSSR count). The monoisotopic (exact) mass is 221 g/mol. The van der Waals surface area contributed by atoms with Crippen molar-refractivity contribution in [3.63, 3.8) is 0 Å². The Hall–Kier alpha value is -2.11. The number of nitrogens with one attached hydrogen (secondary N) is 1. The SMILES string of the molecule is CCOC(=O)c1nc2c(ccn2C)c(=O)[nH]1. The third-order valence-electron chi connectivity index (χ3n) is 2.20. The highest BCUT2D eigenvalue weighted by molar-refractivity contribution is 5.87. The van der Waals surface area contributed by atoms with Crippen LogP contribution in [0.3, 0.4) is 0 Å². The number of H-pyrrole nitrogens is 1. The molecule has 6 nitrogen and oxygen atoms in total. The second-order valence-corrected chi connectivity index (χ2v) is 3.30. The third kappa shape index (κ3) is 1.58. The second kappa shape index (κ2) is 3.80. The van der Waals surface area contributed by atoms with Gasteiger partial charge in [0, 0.05) is 13.2 Å². The molecule has 84 valence electrons. The van der Waals surface area contributed by atoms with Crippen molar-refractivity contribution in [2.24, 2.45) is 7.05 Å². The first-order chi connectivity index (χ1) is 7.63. The molecule has 0 saturated carbocycles. The van der Waals surface area contributed by atoms with E-state index in [4.69, 9.17) is 4.74 Å². The van der Waals surface area contributed by atoms with Crippen LogP contribution in [0.25, 0.3) is 11.0 Å². The molecule has 2 heterocycles. The van der Waals surface area contributed by atoms with Gasteiger partial charge in [-0.2, -0.15) is 0 Å². The van der Waals surface area contributed by atoms with E-state index >= 15 is 0 Å². The third-order valence-corrected chi connectivity index (χ3v) is 2.20. The van der Waals surface area contributed by atoms with Crippen LogP contribution in [-0.2, 0) is 11.8 Å². The smallest absolute Gasteiger partial charge is 0.374 e. The molecule has 0 aliphatic heterocycles. The van der Waals surface area contributed by atoms with Gasteiger partial charge in [-0.05, 0) is 13.0 Å². The average molecular weight is 221 g/mol. The Morgan fingerprint density at radius 3 is 3.06 bits per heavy atom. The number of ether oxygens (including phenoxy) is 1. The Bertz CT molecular complexity index is 597. The predicted octanol–water partition coefficient (Wildman–Crippen LogP) is 0.438. The number of rotatable bonds is 2. The molecule has 0 atom stereocenters. The predicted molar refractivity (Wildman–Crippen MR) is 57.3 cm³/mol. The van der Waals surface area contributed by atoms with Gasteiger partial charge in [0.05, 0.1) is 12.0 Å². The minimum Gasteiger partial charge on any atom is -0.460 e. The molecule has 0 radical (unpaired) electrons. The molecule has 0 bridgehead atoms. The van der Waals surface area contributed by atoms with E-state index in [2.05, 4.69) is 9.97 Å². The summed E-state index contributed by atoms with van der Waals surface area (Å²) < 4.78 is 6.44. The molecule has 2 aromatic heterocycles. The van der Waals surface area contributed by atoms with Crippen molar-refractivity contribution in [1.29, 1.82) is 0 Å². The van der Waals surface area contributed by atoms with E-state index < -0.39 is 5.97 Å². The van der Waals surface area contributed by atoms with Crippen molar-refractivity contribution in [2.45, 2.75) is 6.92 Å². The number of hydrogen-bond acceptors (Lipinski definition) is 4. The second-order valence-electron chi connectivity index (χ2n) is 3.30. The molecular formula is C10H11N3O3. The van der Waals surface area contributed by atoms with E-state index in [-0.39, 0.29) is 18.0 Å². The Morgan fingerprint density at radius 1 is 1.62 bits per heavy atom. The van der Waals surface area contributed by atoms with Gasteiger partial charge in [0.1, 0.15) is 5.65 Å². The van der Waals surface area contributed by atoms with Crippen LogP contribution < -0.4 is 5.56 Å². The molecule has 0 aliphatic rings. The van der Waals surface area contributed by atoms with E-state index in [1.54, 1.807) is 30.8 Å². The van der Waals surface area contributed by atoms with E-state index in [1.807, 2.05) is 0 Å². The maximum Gasteiger partial charge on any atom is 0.374 e. The van der Waals surface area contributed by atoms with Crippen molar-refractivity contribution in [1.82, 2.24) is 14.5 Å². The number of esters is 1. The zero-order chi connectivity index (χ0) is 11.7. The Balaban J connectivity index is 2.61. The maximum absolute atomic E-state index is 11.6. The molecule has 0 saturated heterocycles. The van der Waals surface area contributed by atoms with Gasteiger partial charge in [0.2, 0.25) is 5.82 Å². The average Bonchev–Trinajstić information content (AvgIpc) is 2.61. The standard InChI is InChI=1S/C10H11N3O3/c1-3-16-10(15)7-11-8-6(9(14)12-7)4-5-13(8)2/h4-5H,3H2,1-2H3,(H,11,12,14). The van der Waals surface area contributed by atoms with Crippen LogP contribution >= 0.6 is 0 Å². The number of hydrogen-bond donors (Lipinski definition) is 1. The van der Waals surface area contributed by atoms with Crippen LogP contribution in [0.5, 0.6) is 0 Å². The number of aromatic nitrogens is 3. The largest absolute Gasteiger partial charge is 0.460 e. The molecular weight excluding hydrogens is 210 g/mol. The number of carbonyl (C=O) groups excluding carboxylic acids is 1. The van der Waals surface area contributed by atoms with Crippen molar-refractivity contribution in [2.75, 3.05) is 6.61 Å². The summed E-state index contributed by atoms with van der Waals surface area (Å²) in [6.45, 7) is 1.94. The Morgan fingerprint density at radius 2 is 2.38 bits per heavy atom. The molecule has 1 N–H and O–H groups in total. The van der Waals surface area contributed by atoms with Gasteiger partial charge in [-0.3, -0.25) is 4.79 Å². The van der Waals surface area contributed by atoms with Crippen LogP contribution in [0.15, 0.2) is 17.1 Å². The van der Waals surface area contributed by atoms with Crippen molar-refractivity contribution in [3.05, 3.63) is 28.4 Å². The first kappa shape index (κ1) is 10.4. The number of aryl methyl sites for hydroxylation is 1. The highest BCUT2D eigenvalue weighted by atomic mass is 16.5. The van der Waals surface area contributed by atoms with Crippen molar-refractivity contribution >= 4 is 17.0 Å². The van der Waals surface area contributed by atoms with Gasteiger partial charge in [-0.25, -0.2) is 9.78 Å². The fourth-order valence-electron chi connectivity index (χ4n) is 1.44. The molecule has 6 heteroatoms. The van der Waals surface area contributed by atoms with Gasteiger partial charge < -0.3 is 14.3 Å². The lowest BCUT2D eigenvalue weighted by atomic mass is 10.4. The summed E-state index contributed by atoms with van der Waals surface area (Å²) >= 11 is 0. The minimum atomic E-state index is -0.622. The van der Waals surface area contributed by atoms with Gasteiger partial charge in [-0.15, -0.1) is 0 Å². The zero-order valence-corrected chi connectivity index (χ0v) is 8.98. The zero-order valence-electron chi connectivity index (χ0n) is 8.98. The maximum atomic E-state index is 11.6. The summed E-state index contributed by atoms with van der Waals surface area (Å²) in [4.78, 5) is 29.5. The van der Waals surface area contributed by atoms with Gasteiger partial charge in [0.15, 0.2) is 0 Å². The van der Waals surface area contributed by atoms with Crippen LogP contribution in [0.1, 0.15) is 17.5 Å². The van der Waals surface area contributed by atoms with E-state index in [0.29, 0.717) is 11.0 Å². The number of aromatic amines is 1. The topological polar surface area (TPSA) is 77.0 Å². The number of fused-ring (bicyclic) bond motifs is 1. The lowest BCUT2D eigenvalue weighted by Gasteiger charge is -2.01. The highest BCUT2D eigenvalue weighted by Gasteiger charge is 2.13. The highest BCUT2D eigenvalue weighted by Crippen LogP contribution is 2.07. The first-order valence-corrected chi connectivity index (χ1v) is 4.86. The summed E-state index contributed by atoms with van der Waals surface area (Å²) in [5.74, 6) is -0.691. The number of carbonyl (C=O) groups is 1. The normalized spacial score (nSPS) is 10.6. The van der Waals surface area contributed by atoms with E-state index in [9.17, 15) is 9.59 Å². The molecule has 0 amide bonds. The fraction of sp³-hybridized carbons (Fsp3) is 0.300. The number of nitrogens with zero attached hydrogens (tertiary/aromatic N) is 2.